The Kier molecular flexibility index (Phi) is 4.66. The summed E-state index contributed by atoms with van der Waals surface area (Å²) >= 11 is 0. The van der Waals surface area contributed by atoms with Crippen molar-refractivity contribution in [3.05, 3.63) is 0 Å². The van der Waals surface area contributed by atoms with Crippen molar-refractivity contribution in [2.45, 2.75) is 76.4 Å². The third-order valence-electron chi connectivity index (χ3n) is 4.30. The number of carbonyl (C=O) groups excluding carboxylic acids is 3. The van der Waals surface area contributed by atoms with Gasteiger partial charge in [0.1, 0.15) is 0 Å². The van der Waals surface area contributed by atoms with Crippen LogP contribution in [0.2, 0.25) is 0 Å². The Morgan fingerprint density at radius 1 is 1.29 bits per heavy atom. The lowest BCUT2D eigenvalue weighted by Gasteiger charge is -2.31. The number of hydrogen-bond acceptors (Lipinski definition) is 4. The van der Waals surface area contributed by atoms with Crippen LogP contribution in [0.5, 0.6) is 0 Å². The molecule has 1 atom stereocenters. The quantitative estimate of drug-likeness (QED) is 0.730. The molecule has 2 aliphatic rings. The topological polar surface area (TPSA) is 92.5 Å². The van der Waals surface area contributed by atoms with E-state index in [0.29, 0.717) is 0 Å². The van der Waals surface area contributed by atoms with E-state index in [1.807, 2.05) is 13.8 Å². The first-order chi connectivity index (χ1) is 9.80. The van der Waals surface area contributed by atoms with E-state index in [2.05, 4.69) is 5.32 Å². The van der Waals surface area contributed by atoms with E-state index in [9.17, 15) is 14.4 Å². The summed E-state index contributed by atoms with van der Waals surface area (Å²) in [7, 11) is 0. The van der Waals surface area contributed by atoms with Gasteiger partial charge in [0.25, 0.3) is 0 Å². The van der Waals surface area contributed by atoms with Gasteiger partial charge in [0.05, 0.1) is 12.5 Å². The highest BCUT2D eigenvalue weighted by atomic mass is 16.2. The lowest BCUT2D eigenvalue weighted by molar-refractivity contribution is -0.142. The summed E-state index contributed by atoms with van der Waals surface area (Å²) in [5.41, 5.74) is 4.63. The van der Waals surface area contributed by atoms with Crippen LogP contribution in [0.3, 0.4) is 0 Å². The lowest BCUT2D eigenvalue weighted by atomic mass is 9.94. The molecule has 0 bridgehead atoms. The van der Waals surface area contributed by atoms with Crippen LogP contribution in [0, 0.1) is 0 Å². The number of nitrogens with zero attached hydrogens (tertiary/aromatic N) is 1. The van der Waals surface area contributed by atoms with Crippen LogP contribution >= 0.6 is 0 Å². The highest BCUT2D eigenvalue weighted by Crippen LogP contribution is 2.28. The van der Waals surface area contributed by atoms with Gasteiger partial charge >= 0.3 is 0 Å². The third-order valence-corrected chi connectivity index (χ3v) is 4.30. The molecule has 6 heteroatoms. The van der Waals surface area contributed by atoms with Crippen LogP contribution < -0.4 is 11.1 Å². The monoisotopic (exact) mass is 295 g/mol. The zero-order valence-corrected chi connectivity index (χ0v) is 12.9. The molecule has 0 aromatic rings. The number of rotatable bonds is 5. The first kappa shape index (κ1) is 15.9. The standard InChI is InChI=1S/C15H25N3O3/c1-15(2,9-12(16)19)17-11-8-13(20)18(14(11)21)10-6-4-3-5-7-10/h10-11,17H,3-9H2,1-2H3,(H2,16,19). The molecule has 118 valence electrons. The van der Waals surface area contributed by atoms with E-state index in [0.717, 1.165) is 25.7 Å². The summed E-state index contributed by atoms with van der Waals surface area (Å²) in [5.74, 6) is -0.669. The minimum absolute atomic E-state index is 0.0600. The van der Waals surface area contributed by atoms with E-state index >= 15 is 0 Å². The minimum atomic E-state index is -0.588. The van der Waals surface area contributed by atoms with Gasteiger partial charge in [-0.2, -0.15) is 0 Å². The molecule has 3 amide bonds. The summed E-state index contributed by atoms with van der Waals surface area (Å²) in [6, 6.07) is -0.474. The van der Waals surface area contributed by atoms with Crippen LogP contribution in [0.1, 0.15) is 58.8 Å². The van der Waals surface area contributed by atoms with Crippen molar-refractivity contribution >= 4 is 17.7 Å². The molecule has 1 aliphatic carbocycles. The average Bonchev–Trinajstić information content (AvgIpc) is 2.63. The first-order valence-corrected chi connectivity index (χ1v) is 7.72. The maximum absolute atomic E-state index is 12.5. The molecule has 0 aromatic carbocycles. The summed E-state index contributed by atoms with van der Waals surface area (Å²) < 4.78 is 0. The molecule has 1 heterocycles. The molecule has 0 radical (unpaired) electrons. The van der Waals surface area contributed by atoms with Gasteiger partial charge in [0, 0.05) is 18.0 Å². The fraction of sp³-hybridized carbons (Fsp3) is 0.800. The maximum Gasteiger partial charge on any atom is 0.247 e. The van der Waals surface area contributed by atoms with Gasteiger partial charge < -0.3 is 5.73 Å². The van der Waals surface area contributed by atoms with Crippen LogP contribution in [0.4, 0.5) is 0 Å². The molecule has 1 aliphatic heterocycles. The first-order valence-electron chi connectivity index (χ1n) is 7.72. The number of nitrogens with one attached hydrogen (secondary N) is 1. The van der Waals surface area contributed by atoms with Crippen LogP contribution in [0.25, 0.3) is 0 Å². The predicted molar refractivity (Wildman–Crippen MR) is 78.2 cm³/mol. The fourth-order valence-electron chi connectivity index (χ4n) is 3.44. The van der Waals surface area contributed by atoms with Crippen molar-refractivity contribution in [2.75, 3.05) is 0 Å². The van der Waals surface area contributed by atoms with E-state index in [1.165, 1.54) is 11.3 Å². The Labute approximate surface area is 125 Å². The molecule has 2 rings (SSSR count). The average molecular weight is 295 g/mol. The number of primary amides is 1. The van der Waals surface area contributed by atoms with Crippen molar-refractivity contribution in [3.63, 3.8) is 0 Å². The van der Waals surface area contributed by atoms with Crippen molar-refractivity contribution in [3.8, 4) is 0 Å². The Bertz CT molecular complexity index is 441. The number of nitrogens with two attached hydrogens (primary N) is 1. The van der Waals surface area contributed by atoms with E-state index in [-0.39, 0.29) is 30.7 Å². The van der Waals surface area contributed by atoms with Crippen LogP contribution in [-0.4, -0.2) is 40.2 Å². The zero-order chi connectivity index (χ0) is 15.6. The molecule has 6 nitrogen and oxygen atoms in total. The second kappa shape index (κ2) is 6.13. The summed E-state index contributed by atoms with van der Waals surface area (Å²) in [4.78, 5) is 37.2. The molecule has 3 N–H and O–H groups in total. The summed E-state index contributed by atoms with van der Waals surface area (Å²) in [5, 5.41) is 3.12. The van der Waals surface area contributed by atoms with E-state index < -0.39 is 17.5 Å². The maximum atomic E-state index is 12.5. The van der Waals surface area contributed by atoms with Gasteiger partial charge in [-0.3, -0.25) is 24.6 Å². The molecule has 1 unspecified atom stereocenters. The molecule has 1 saturated heterocycles. The Morgan fingerprint density at radius 3 is 2.48 bits per heavy atom. The van der Waals surface area contributed by atoms with Gasteiger partial charge in [-0.25, -0.2) is 0 Å². The smallest absolute Gasteiger partial charge is 0.247 e. The molecule has 2 fully saturated rings. The molecule has 1 saturated carbocycles. The van der Waals surface area contributed by atoms with Crippen molar-refractivity contribution in [1.82, 2.24) is 10.2 Å². The Hall–Kier alpha value is -1.43. The predicted octanol–water partition coefficient (Wildman–Crippen LogP) is 0.690. The highest BCUT2D eigenvalue weighted by molar-refractivity contribution is 6.06. The Balaban J connectivity index is 2.02. The van der Waals surface area contributed by atoms with Gasteiger partial charge in [-0.1, -0.05) is 19.3 Å². The summed E-state index contributed by atoms with van der Waals surface area (Å²) in [6.45, 7) is 3.64. The number of hydrogen-bond donors (Lipinski definition) is 2. The molecule has 0 aromatic heterocycles. The second-order valence-corrected chi connectivity index (χ2v) is 6.82. The highest BCUT2D eigenvalue weighted by Gasteiger charge is 2.44. The second-order valence-electron chi connectivity index (χ2n) is 6.82. The van der Waals surface area contributed by atoms with E-state index in [1.54, 1.807) is 0 Å². The van der Waals surface area contributed by atoms with Gasteiger partial charge in [-0.15, -0.1) is 0 Å². The molecular weight excluding hydrogens is 270 g/mol. The normalized spacial score (nSPS) is 24.7. The SMILES string of the molecule is CC(C)(CC(N)=O)NC1CC(=O)N(C2CCCCC2)C1=O. The lowest BCUT2D eigenvalue weighted by Crippen LogP contribution is -2.52. The minimum Gasteiger partial charge on any atom is -0.370 e. The van der Waals surface area contributed by atoms with Crippen molar-refractivity contribution in [1.29, 1.82) is 0 Å². The van der Waals surface area contributed by atoms with E-state index in [4.69, 9.17) is 5.73 Å². The van der Waals surface area contributed by atoms with Gasteiger partial charge in [-0.05, 0) is 26.7 Å². The van der Waals surface area contributed by atoms with Gasteiger partial charge in [0.2, 0.25) is 17.7 Å². The summed E-state index contributed by atoms with van der Waals surface area (Å²) in [6.07, 6.45) is 5.47. The molecular formula is C15H25N3O3. The largest absolute Gasteiger partial charge is 0.370 e. The zero-order valence-electron chi connectivity index (χ0n) is 12.9. The van der Waals surface area contributed by atoms with Crippen molar-refractivity contribution in [2.24, 2.45) is 5.73 Å². The number of likely N-dealkylation sites (tertiary alicyclic amines) is 1. The third kappa shape index (κ3) is 3.81. The number of carbonyl (C=O) groups is 3. The fourth-order valence-corrected chi connectivity index (χ4v) is 3.44. The van der Waals surface area contributed by atoms with Crippen LogP contribution in [-0.2, 0) is 14.4 Å². The number of amides is 3. The van der Waals surface area contributed by atoms with Gasteiger partial charge in [0.15, 0.2) is 0 Å². The Morgan fingerprint density at radius 2 is 1.90 bits per heavy atom. The molecule has 21 heavy (non-hydrogen) atoms. The van der Waals surface area contributed by atoms with Crippen molar-refractivity contribution < 1.29 is 14.4 Å². The van der Waals surface area contributed by atoms with Crippen LogP contribution in [0.15, 0.2) is 0 Å². The number of imide groups is 1. The molecule has 0 spiro atoms.